The highest BCUT2D eigenvalue weighted by Gasteiger charge is 2.62. The lowest BCUT2D eigenvalue weighted by Crippen LogP contribution is -2.58. The molecule has 3 amide bonds. The van der Waals surface area contributed by atoms with E-state index in [4.69, 9.17) is 23.9 Å². The first-order chi connectivity index (χ1) is 28.5. The molecular weight excluding hydrogens is 807 g/mol. The molecular formula is C43H49N7O8S2. The Balaban J connectivity index is 1.14. The Hall–Kier alpha value is -5.55. The summed E-state index contributed by atoms with van der Waals surface area (Å²) >= 11 is 1.37. The second-order valence-electron chi connectivity index (χ2n) is 17.2. The minimum atomic E-state index is -3.91. The van der Waals surface area contributed by atoms with E-state index >= 15 is 0 Å². The van der Waals surface area contributed by atoms with E-state index in [9.17, 15) is 22.8 Å². The van der Waals surface area contributed by atoms with Crippen molar-refractivity contribution in [2.45, 2.75) is 102 Å². The molecule has 316 valence electrons. The quantitative estimate of drug-likeness (QED) is 0.108. The van der Waals surface area contributed by atoms with Crippen LogP contribution in [0.2, 0.25) is 0 Å². The second-order valence-corrected chi connectivity index (χ2v) is 20.0. The number of aryl methyl sites for hydroxylation is 1. The minimum Gasteiger partial charge on any atom is -0.491 e. The molecule has 0 bridgehead atoms. The van der Waals surface area contributed by atoms with Crippen LogP contribution in [0, 0.1) is 18.3 Å². The fraction of sp³-hybridized carbons (Fsp3) is 0.442. The van der Waals surface area contributed by atoms with Crippen molar-refractivity contribution >= 4 is 66.3 Å². The van der Waals surface area contributed by atoms with Gasteiger partial charge in [-0.05, 0) is 81.8 Å². The second kappa shape index (κ2) is 15.5. The van der Waals surface area contributed by atoms with E-state index in [0.717, 1.165) is 11.1 Å². The van der Waals surface area contributed by atoms with Crippen LogP contribution in [0.1, 0.15) is 66.0 Å². The standard InChI is InChI=1S/C43H49N7O8S2/c1-8-26-20-43(26,40(53)49-60(54,55)29-17-18-29)48-37(51)31-19-28(21-50(31)39(52)35(42(5,6)7)46-41-44-24(4)22-59-41)57-38-34-33(30-11-9-10-12-32(30)58-34)45-36(47-38)25-13-15-27(16-14-25)56-23(2)3/h8-16,22-23,26,28-29,31,35H,1,17-21H2,2-7H3,(H,44,46)(H,48,51)(H,49,53)/t26-,28-,31+,35?,43-/m1/s1. The molecule has 0 spiro atoms. The van der Waals surface area contributed by atoms with Gasteiger partial charge in [0.2, 0.25) is 27.4 Å². The molecule has 3 aromatic heterocycles. The maximum absolute atomic E-state index is 14.9. The lowest BCUT2D eigenvalue weighted by atomic mass is 9.85. The Bertz CT molecular complexity index is 2600. The highest BCUT2D eigenvalue weighted by molar-refractivity contribution is 7.91. The largest absolute Gasteiger partial charge is 0.491 e. The SMILES string of the molecule is C=C[C@@H]1C[C@]1(NC(=O)[C@@H]1C[C@@H](Oc2nc(-c3ccc(OC(C)C)cc3)nc3c2oc2ccccc23)CN1C(=O)C(Nc1nc(C)cs1)C(C)(C)C)C(=O)NS(=O)(=O)C1CC1. The van der Waals surface area contributed by atoms with Crippen molar-refractivity contribution < 1.29 is 36.7 Å². The summed E-state index contributed by atoms with van der Waals surface area (Å²) < 4.78 is 46.7. The summed E-state index contributed by atoms with van der Waals surface area (Å²) in [6.45, 7) is 15.3. The van der Waals surface area contributed by atoms with Crippen molar-refractivity contribution in [3.05, 3.63) is 72.3 Å². The van der Waals surface area contributed by atoms with E-state index in [0.29, 0.717) is 51.8 Å². The molecule has 1 unspecified atom stereocenters. The topological polar surface area (TPSA) is 195 Å². The van der Waals surface area contributed by atoms with Crippen LogP contribution in [-0.4, -0.2) is 87.6 Å². The zero-order valence-electron chi connectivity index (χ0n) is 34.4. The van der Waals surface area contributed by atoms with Crippen LogP contribution in [0.4, 0.5) is 5.13 Å². The lowest BCUT2D eigenvalue weighted by Gasteiger charge is -2.35. The Morgan fingerprint density at radius 2 is 1.80 bits per heavy atom. The number of sulfonamides is 1. The van der Waals surface area contributed by atoms with Crippen molar-refractivity contribution in [2.75, 3.05) is 11.9 Å². The van der Waals surface area contributed by atoms with E-state index in [1.807, 2.05) is 95.5 Å². The first kappa shape index (κ1) is 41.2. The van der Waals surface area contributed by atoms with Gasteiger partial charge in [0.1, 0.15) is 40.6 Å². The molecule has 2 aromatic carbocycles. The van der Waals surface area contributed by atoms with Crippen molar-refractivity contribution in [3.8, 4) is 23.0 Å². The molecule has 1 aliphatic heterocycles. The predicted octanol–water partition coefficient (Wildman–Crippen LogP) is 6.14. The number of likely N-dealkylation sites (tertiary alicyclic amines) is 1. The number of ether oxygens (including phenoxy) is 2. The van der Waals surface area contributed by atoms with Crippen molar-refractivity contribution in [1.82, 2.24) is 29.9 Å². The molecule has 4 heterocycles. The summed E-state index contributed by atoms with van der Waals surface area (Å²) in [6, 6.07) is 12.9. The van der Waals surface area contributed by atoms with Crippen molar-refractivity contribution in [2.24, 2.45) is 11.3 Å². The molecule has 60 heavy (non-hydrogen) atoms. The summed E-state index contributed by atoms with van der Waals surface area (Å²) in [6.07, 6.45) is 1.85. The highest BCUT2D eigenvalue weighted by Crippen LogP contribution is 2.46. The third-order valence-electron chi connectivity index (χ3n) is 11.0. The number of furan rings is 1. The number of thiazole rings is 1. The molecule has 1 saturated heterocycles. The van der Waals surface area contributed by atoms with Gasteiger partial charge in [0.15, 0.2) is 11.0 Å². The average molecular weight is 856 g/mol. The summed E-state index contributed by atoms with van der Waals surface area (Å²) in [7, 11) is -3.91. The van der Waals surface area contributed by atoms with E-state index in [1.54, 1.807) is 0 Å². The number of hydrogen-bond donors (Lipinski definition) is 3. The number of hydrogen-bond acceptors (Lipinski definition) is 13. The molecule has 15 nitrogen and oxygen atoms in total. The summed E-state index contributed by atoms with van der Waals surface area (Å²) in [4.78, 5) is 58.9. The number of carbonyl (C=O) groups is 3. The fourth-order valence-corrected chi connectivity index (χ4v) is 9.72. The maximum atomic E-state index is 14.9. The number of aromatic nitrogens is 3. The maximum Gasteiger partial charge on any atom is 0.262 e. The molecule has 8 rings (SSSR count). The molecule has 5 atom stereocenters. The first-order valence-electron chi connectivity index (χ1n) is 20.1. The third kappa shape index (κ3) is 8.16. The molecule has 0 radical (unpaired) electrons. The first-order valence-corrected chi connectivity index (χ1v) is 22.5. The van der Waals surface area contributed by atoms with Crippen LogP contribution < -0.4 is 24.8 Å². The number of rotatable bonds is 14. The van der Waals surface area contributed by atoms with Gasteiger partial charge in [0.05, 0.1) is 23.6 Å². The van der Waals surface area contributed by atoms with Crippen LogP contribution in [0.5, 0.6) is 11.6 Å². The number of para-hydroxylation sites is 1. The summed E-state index contributed by atoms with van der Waals surface area (Å²) in [5.41, 5.74) is 0.719. The van der Waals surface area contributed by atoms with Gasteiger partial charge in [0.25, 0.3) is 11.8 Å². The van der Waals surface area contributed by atoms with Gasteiger partial charge in [-0.15, -0.1) is 17.9 Å². The Morgan fingerprint density at radius 3 is 2.43 bits per heavy atom. The van der Waals surface area contributed by atoms with Gasteiger partial charge in [-0.2, -0.15) is 4.98 Å². The molecule has 3 N–H and O–H groups in total. The third-order valence-corrected chi connectivity index (χ3v) is 13.8. The molecule has 3 fully saturated rings. The summed E-state index contributed by atoms with van der Waals surface area (Å²) in [5, 5.41) is 8.72. The number of carbonyl (C=O) groups excluding carboxylic acids is 3. The molecule has 17 heteroatoms. The number of fused-ring (bicyclic) bond motifs is 3. The smallest absolute Gasteiger partial charge is 0.262 e. The van der Waals surface area contributed by atoms with Crippen LogP contribution in [0.25, 0.3) is 33.5 Å². The monoisotopic (exact) mass is 855 g/mol. The van der Waals surface area contributed by atoms with Crippen LogP contribution >= 0.6 is 11.3 Å². The molecule has 3 aliphatic rings. The minimum absolute atomic E-state index is 0.00520. The van der Waals surface area contributed by atoms with Crippen molar-refractivity contribution in [1.29, 1.82) is 0 Å². The van der Waals surface area contributed by atoms with E-state index in [2.05, 4.69) is 26.9 Å². The predicted molar refractivity (Wildman–Crippen MR) is 228 cm³/mol. The molecule has 2 aliphatic carbocycles. The highest BCUT2D eigenvalue weighted by atomic mass is 32.2. The Labute approximate surface area is 352 Å². The van der Waals surface area contributed by atoms with Gasteiger partial charge < -0.3 is 29.4 Å². The van der Waals surface area contributed by atoms with Crippen LogP contribution in [-0.2, 0) is 24.4 Å². The average Bonchev–Trinajstić information content (AvgIpc) is 4.04. The van der Waals surface area contributed by atoms with Gasteiger partial charge >= 0.3 is 0 Å². The van der Waals surface area contributed by atoms with Crippen LogP contribution in [0.15, 0.2) is 71.0 Å². The molecule has 2 saturated carbocycles. The Morgan fingerprint density at radius 1 is 1.07 bits per heavy atom. The number of amides is 3. The zero-order chi connectivity index (χ0) is 42.7. The van der Waals surface area contributed by atoms with Gasteiger partial charge in [-0.3, -0.25) is 19.1 Å². The summed E-state index contributed by atoms with van der Waals surface area (Å²) in [5.74, 6) is -1.15. The number of anilines is 1. The van der Waals surface area contributed by atoms with Gasteiger partial charge in [-0.1, -0.05) is 39.0 Å². The number of nitrogens with zero attached hydrogens (tertiary/aromatic N) is 4. The normalized spacial score (nSPS) is 22.1. The number of nitrogens with one attached hydrogen (secondary N) is 3. The van der Waals surface area contributed by atoms with Crippen molar-refractivity contribution in [3.63, 3.8) is 0 Å². The number of benzene rings is 2. The van der Waals surface area contributed by atoms with Crippen LogP contribution in [0.3, 0.4) is 0 Å². The molecule has 5 aromatic rings. The van der Waals surface area contributed by atoms with Gasteiger partial charge in [-0.25, -0.2) is 18.4 Å². The van der Waals surface area contributed by atoms with E-state index < -0.39 is 62.1 Å². The fourth-order valence-electron chi connectivity index (χ4n) is 7.64. The van der Waals surface area contributed by atoms with E-state index in [-0.39, 0.29) is 37.3 Å². The Kier molecular flexibility index (Phi) is 10.6. The van der Waals surface area contributed by atoms with Gasteiger partial charge in [0, 0.05) is 28.7 Å². The zero-order valence-corrected chi connectivity index (χ0v) is 36.0. The lowest BCUT2D eigenvalue weighted by molar-refractivity contribution is -0.141. The van der Waals surface area contributed by atoms with E-state index in [1.165, 1.54) is 22.3 Å².